The molecule has 0 unspecified atom stereocenters. The number of rotatable bonds is 3. The number of benzene rings is 1. The fraction of sp³-hybridized carbons (Fsp3) is 0.0833. The van der Waals surface area contributed by atoms with Gasteiger partial charge in [-0.2, -0.15) is 5.26 Å². The topological polar surface area (TPSA) is 78.9 Å². The first-order valence-electron chi connectivity index (χ1n) is 5.08. The van der Waals surface area contributed by atoms with Gasteiger partial charge < -0.3 is 9.84 Å². The van der Waals surface area contributed by atoms with E-state index in [-0.39, 0.29) is 18.1 Å². The van der Waals surface area contributed by atoms with Crippen molar-refractivity contribution in [3.05, 3.63) is 41.9 Å². The van der Waals surface area contributed by atoms with Gasteiger partial charge in [-0.3, -0.25) is 4.79 Å². The van der Waals surface area contributed by atoms with Gasteiger partial charge in [0.1, 0.15) is 18.1 Å². The number of hydrogen-bond acceptors (Lipinski definition) is 4. The first kappa shape index (κ1) is 11.8. The molecule has 0 aliphatic rings. The van der Waals surface area contributed by atoms with Crippen LogP contribution in [0, 0.1) is 17.1 Å². The lowest BCUT2D eigenvalue weighted by atomic mass is 10.1. The zero-order valence-corrected chi connectivity index (χ0v) is 9.18. The third-order valence-corrected chi connectivity index (χ3v) is 2.20. The van der Waals surface area contributed by atoms with Crippen LogP contribution in [0.5, 0.6) is 0 Å². The van der Waals surface area contributed by atoms with E-state index in [2.05, 4.69) is 10.5 Å². The molecule has 1 heterocycles. The zero-order chi connectivity index (χ0) is 13.0. The van der Waals surface area contributed by atoms with E-state index >= 15 is 0 Å². The Morgan fingerprint density at radius 2 is 2.17 bits per heavy atom. The second-order valence-corrected chi connectivity index (χ2v) is 3.42. The highest BCUT2D eigenvalue weighted by atomic mass is 19.1. The predicted octanol–water partition coefficient (Wildman–Crippen LogP) is 1.73. The summed E-state index contributed by atoms with van der Waals surface area (Å²) in [5, 5.41) is 14.4. The molecule has 0 saturated heterocycles. The Hall–Kier alpha value is -2.68. The Bertz CT molecular complexity index is 599. The van der Waals surface area contributed by atoms with Crippen LogP contribution in [-0.2, 0) is 0 Å². The molecule has 0 aliphatic heterocycles. The summed E-state index contributed by atoms with van der Waals surface area (Å²) >= 11 is 0. The van der Waals surface area contributed by atoms with E-state index in [1.807, 2.05) is 0 Å². The number of carbonyl (C=O) groups excluding carboxylic acids is 1. The quantitative estimate of drug-likeness (QED) is 0.835. The molecule has 0 spiro atoms. The fourth-order valence-electron chi connectivity index (χ4n) is 1.35. The van der Waals surface area contributed by atoms with Crippen LogP contribution in [-0.4, -0.2) is 17.6 Å². The molecule has 0 aliphatic carbocycles. The van der Waals surface area contributed by atoms with Gasteiger partial charge in [0.15, 0.2) is 0 Å². The summed E-state index contributed by atoms with van der Waals surface area (Å²) in [5.41, 5.74) is 1.07. The summed E-state index contributed by atoms with van der Waals surface area (Å²) in [6.45, 7) is -0.106. The summed E-state index contributed by atoms with van der Waals surface area (Å²) in [6, 6.07) is 8.85. The highest BCUT2D eigenvalue weighted by molar-refractivity contribution is 5.92. The summed E-state index contributed by atoms with van der Waals surface area (Å²) < 4.78 is 17.6. The number of aromatic nitrogens is 1. The predicted molar refractivity (Wildman–Crippen MR) is 59.8 cm³/mol. The molecule has 1 aromatic carbocycles. The number of nitrogens with one attached hydrogen (secondary N) is 1. The van der Waals surface area contributed by atoms with Crippen molar-refractivity contribution in [3.63, 3.8) is 0 Å². The molecule has 0 bridgehead atoms. The monoisotopic (exact) mass is 245 g/mol. The Labute approximate surface area is 102 Å². The number of hydrogen-bond donors (Lipinski definition) is 1. The fourth-order valence-corrected chi connectivity index (χ4v) is 1.35. The SMILES string of the molecule is N#CCNC(=O)c1cc(-c2ccc(F)cc2)no1. The van der Waals surface area contributed by atoms with Crippen molar-refractivity contribution in [1.82, 2.24) is 10.5 Å². The molecule has 1 N–H and O–H groups in total. The van der Waals surface area contributed by atoms with Crippen molar-refractivity contribution in [2.24, 2.45) is 0 Å². The normalized spacial score (nSPS) is 9.78. The molecular formula is C12H8FN3O2. The van der Waals surface area contributed by atoms with Crippen LogP contribution in [0.25, 0.3) is 11.3 Å². The molecule has 18 heavy (non-hydrogen) atoms. The van der Waals surface area contributed by atoms with Gasteiger partial charge in [0.25, 0.3) is 5.91 Å². The first-order chi connectivity index (χ1) is 8.70. The maximum atomic E-state index is 12.7. The van der Waals surface area contributed by atoms with Crippen molar-refractivity contribution in [3.8, 4) is 17.3 Å². The maximum absolute atomic E-state index is 12.7. The largest absolute Gasteiger partial charge is 0.350 e. The molecule has 0 fully saturated rings. The van der Waals surface area contributed by atoms with Crippen molar-refractivity contribution in [1.29, 1.82) is 5.26 Å². The van der Waals surface area contributed by atoms with Gasteiger partial charge in [0, 0.05) is 11.6 Å². The summed E-state index contributed by atoms with van der Waals surface area (Å²) in [6.07, 6.45) is 0. The van der Waals surface area contributed by atoms with Gasteiger partial charge in [-0.15, -0.1) is 0 Å². The van der Waals surface area contributed by atoms with E-state index in [0.29, 0.717) is 11.3 Å². The van der Waals surface area contributed by atoms with Crippen LogP contribution in [0.1, 0.15) is 10.6 Å². The van der Waals surface area contributed by atoms with E-state index in [1.165, 1.54) is 30.3 Å². The second-order valence-electron chi connectivity index (χ2n) is 3.42. The van der Waals surface area contributed by atoms with Crippen LogP contribution >= 0.6 is 0 Å². The molecule has 0 saturated carbocycles. The second kappa shape index (κ2) is 5.10. The van der Waals surface area contributed by atoms with E-state index in [1.54, 1.807) is 6.07 Å². The molecule has 1 aromatic heterocycles. The van der Waals surface area contributed by atoms with Crippen LogP contribution in [0.4, 0.5) is 4.39 Å². The summed E-state index contributed by atoms with van der Waals surface area (Å²) in [7, 11) is 0. The number of nitriles is 1. The number of halogens is 1. The van der Waals surface area contributed by atoms with Crippen molar-refractivity contribution in [2.75, 3.05) is 6.54 Å². The summed E-state index contributed by atoms with van der Waals surface area (Å²) in [4.78, 5) is 11.4. The Morgan fingerprint density at radius 1 is 1.44 bits per heavy atom. The summed E-state index contributed by atoms with van der Waals surface area (Å²) in [5.74, 6) is -0.865. The minimum atomic E-state index is -0.516. The lowest BCUT2D eigenvalue weighted by Crippen LogP contribution is -2.22. The Kier molecular flexibility index (Phi) is 3.34. The molecular weight excluding hydrogens is 237 g/mol. The molecule has 1 amide bonds. The Balaban J connectivity index is 2.18. The van der Waals surface area contributed by atoms with E-state index < -0.39 is 5.91 Å². The van der Waals surface area contributed by atoms with Gasteiger partial charge >= 0.3 is 0 Å². The number of amides is 1. The van der Waals surface area contributed by atoms with E-state index in [4.69, 9.17) is 9.78 Å². The van der Waals surface area contributed by atoms with Crippen LogP contribution in [0.15, 0.2) is 34.9 Å². The van der Waals surface area contributed by atoms with Crippen molar-refractivity contribution in [2.45, 2.75) is 0 Å². The number of nitrogens with zero attached hydrogens (tertiary/aromatic N) is 2. The lowest BCUT2D eigenvalue weighted by Gasteiger charge is -1.94. The van der Waals surface area contributed by atoms with Crippen molar-refractivity contribution >= 4 is 5.91 Å². The third kappa shape index (κ3) is 2.52. The van der Waals surface area contributed by atoms with Gasteiger partial charge in [0.2, 0.25) is 5.76 Å². The molecule has 5 nitrogen and oxygen atoms in total. The van der Waals surface area contributed by atoms with Gasteiger partial charge in [-0.1, -0.05) is 5.16 Å². The van der Waals surface area contributed by atoms with Gasteiger partial charge in [-0.25, -0.2) is 4.39 Å². The van der Waals surface area contributed by atoms with E-state index in [9.17, 15) is 9.18 Å². The lowest BCUT2D eigenvalue weighted by molar-refractivity contribution is 0.0922. The standard InChI is InChI=1S/C12H8FN3O2/c13-9-3-1-8(2-4-9)10-7-11(18-16-10)12(17)15-6-5-14/h1-4,7H,6H2,(H,15,17). The molecule has 6 heteroatoms. The maximum Gasteiger partial charge on any atom is 0.290 e. The molecule has 0 atom stereocenters. The van der Waals surface area contributed by atoms with Crippen LogP contribution < -0.4 is 5.32 Å². The highest BCUT2D eigenvalue weighted by Crippen LogP contribution is 2.19. The van der Waals surface area contributed by atoms with E-state index in [0.717, 1.165) is 0 Å². The van der Waals surface area contributed by atoms with Gasteiger partial charge in [0.05, 0.1) is 6.07 Å². The molecule has 0 radical (unpaired) electrons. The number of carbonyl (C=O) groups is 1. The van der Waals surface area contributed by atoms with Crippen LogP contribution in [0.3, 0.4) is 0 Å². The van der Waals surface area contributed by atoms with Crippen molar-refractivity contribution < 1.29 is 13.7 Å². The smallest absolute Gasteiger partial charge is 0.290 e. The van der Waals surface area contributed by atoms with Crippen LogP contribution in [0.2, 0.25) is 0 Å². The van der Waals surface area contributed by atoms with Gasteiger partial charge in [-0.05, 0) is 24.3 Å². The minimum Gasteiger partial charge on any atom is -0.350 e. The molecule has 2 rings (SSSR count). The Morgan fingerprint density at radius 3 is 2.83 bits per heavy atom. The minimum absolute atomic E-state index is 0.00424. The average Bonchev–Trinajstić information content (AvgIpc) is 2.86. The molecule has 2 aromatic rings. The average molecular weight is 245 g/mol. The first-order valence-corrected chi connectivity index (χ1v) is 5.08. The molecule has 90 valence electrons. The zero-order valence-electron chi connectivity index (χ0n) is 9.18. The third-order valence-electron chi connectivity index (χ3n) is 2.20. The highest BCUT2D eigenvalue weighted by Gasteiger charge is 2.13.